The average Bonchev–Trinajstić information content (AvgIpc) is 2.70. The fourth-order valence-corrected chi connectivity index (χ4v) is 2.20. The van der Waals surface area contributed by atoms with Crippen molar-refractivity contribution in [3.05, 3.63) is 59.7 Å². The molecule has 0 heterocycles. The van der Waals surface area contributed by atoms with Crippen LogP contribution in [0.25, 0.3) is 0 Å². The molecule has 142 valence electrons. The van der Waals surface area contributed by atoms with Gasteiger partial charge in [-0.15, -0.1) is 0 Å². The lowest BCUT2D eigenvalue weighted by molar-refractivity contribution is -0.119. The smallest absolute Gasteiger partial charge is 0.338 e. The van der Waals surface area contributed by atoms with Crippen LogP contribution in [-0.4, -0.2) is 38.0 Å². The fraction of sp³-hybridized carbons (Fsp3) is 0.250. The van der Waals surface area contributed by atoms with Crippen LogP contribution >= 0.6 is 0 Å². The Morgan fingerprint density at radius 2 is 1.74 bits per heavy atom. The topological polar surface area (TPSA) is 93.7 Å². The molecular formula is C20H22N2O5. The summed E-state index contributed by atoms with van der Waals surface area (Å²) in [5.41, 5.74) is 1.18. The maximum atomic E-state index is 12.0. The lowest BCUT2D eigenvalue weighted by Crippen LogP contribution is -2.22. The van der Waals surface area contributed by atoms with Gasteiger partial charge in [0.25, 0.3) is 11.8 Å². The van der Waals surface area contributed by atoms with Gasteiger partial charge in [0.2, 0.25) is 0 Å². The van der Waals surface area contributed by atoms with Gasteiger partial charge in [-0.05, 0) is 48.9 Å². The Balaban J connectivity index is 1.86. The molecule has 0 aromatic heterocycles. The zero-order chi connectivity index (χ0) is 19.6. The molecule has 0 radical (unpaired) electrons. The van der Waals surface area contributed by atoms with Crippen molar-refractivity contribution in [3.63, 3.8) is 0 Å². The first-order valence-electron chi connectivity index (χ1n) is 8.55. The second-order valence-corrected chi connectivity index (χ2v) is 5.66. The van der Waals surface area contributed by atoms with Gasteiger partial charge in [0.1, 0.15) is 5.75 Å². The van der Waals surface area contributed by atoms with E-state index in [-0.39, 0.29) is 5.91 Å². The van der Waals surface area contributed by atoms with Gasteiger partial charge in [0.15, 0.2) is 6.61 Å². The standard InChI is InChI=1S/C20H22N2O5/c1-3-11-26-17-9-7-14(8-10-17)20(25)27-13-18(23)22-16-6-4-5-15(12-16)19(24)21-2/h4-10,12H,3,11,13H2,1-2H3,(H,21,24)(H,22,23). The minimum absolute atomic E-state index is 0.260. The molecule has 2 aromatic carbocycles. The van der Waals surface area contributed by atoms with Crippen LogP contribution in [0.1, 0.15) is 34.1 Å². The number of carbonyl (C=O) groups is 3. The maximum absolute atomic E-state index is 12.0. The Labute approximate surface area is 157 Å². The Morgan fingerprint density at radius 1 is 1.00 bits per heavy atom. The molecule has 0 fully saturated rings. The summed E-state index contributed by atoms with van der Waals surface area (Å²) >= 11 is 0. The lowest BCUT2D eigenvalue weighted by Gasteiger charge is -2.08. The molecule has 27 heavy (non-hydrogen) atoms. The Morgan fingerprint density at radius 3 is 2.41 bits per heavy atom. The lowest BCUT2D eigenvalue weighted by atomic mass is 10.2. The summed E-state index contributed by atoms with van der Waals surface area (Å²) in [5, 5.41) is 5.09. The van der Waals surface area contributed by atoms with Gasteiger partial charge in [0.05, 0.1) is 12.2 Å². The number of carbonyl (C=O) groups excluding carboxylic acids is 3. The zero-order valence-electron chi connectivity index (χ0n) is 15.3. The van der Waals surface area contributed by atoms with E-state index < -0.39 is 18.5 Å². The van der Waals surface area contributed by atoms with E-state index >= 15 is 0 Å². The van der Waals surface area contributed by atoms with Crippen molar-refractivity contribution in [3.8, 4) is 5.75 Å². The molecule has 0 saturated carbocycles. The molecule has 2 rings (SSSR count). The van der Waals surface area contributed by atoms with Crippen LogP contribution in [0.2, 0.25) is 0 Å². The fourth-order valence-electron chi connectivity index (χ4n) is 2.20. The summed E-state index contributed by atoms with van der Waals surface area (Å²) < 4.78 is 10.5. The quantitative estimate of drug-likeness (QED) is 0.697. The molecule has 0 bridgehead atoms. The summed E-state index contributed by atoms with van der Waals surface area (Å²) in [6, 6.07) is 13.0. The third-order valence-corrected chi connectivity index (χ3v) is 3.53. The first kappa shape index (κ1) is 20.0. The summed E-state index contributed by atoms with van der Waals surface area (Å²) in [6.45, 7) is 2.17. The van der Waals surface area contributed by atoms with Gasteiger partial charge in [-0.25, -0.2) is 4.79 Å². The van der Waals surface area contributed by atoms with Gasteiger partial charge in [-0.3, -0.25) is 9.59 Å². The Bertz CT molecular complexity index is 802. The number of ether oxygens (including phenoxy) is 2. The van der Waals surface area contributed by atoms with E-state index in [1.807, 2.05) is 6.92 Å². The van der Waals surface area contributed by atoms with Crippen molar-refractivity contribution in [1.29, 1.82) is 0 Å². The van der Waals surface area contributed by atoms with Crippen LogP contribution in [0.3, 0.4) is 0 Å². The monoisotopic (exact) mass is 370 g/mol. The number of hydrogen-bond acceptors (Lipinski definition) is 5. The molecule has 2 aromatic rings. The minimum atomic E-state index is -0.605. The van der Waals surface area contributed by atoms with Gasteiger partial charge < -0.3 is 20.1 Å². The molecule has 0 atom stereocenters. The highest BCUT2D eigenvalue weighted by Crippen LogP contribution is 2.14. The summed E-state index contributed by atoms with van der Waals surface area (Å²) in [4.78, 5) is 35.6. The van der Waals surface area contributed by atoms with Crippen molar-refractivity contribution in [2.75, 3.05) is 25.6 Å². The Hall–Kier alpha value is -3.35. The highest BCUT2D eigenvalue weighted by molar-refractivity contribution is 5.98. The maximum Gasteiger partial charge on any atom is 0.338 e. The van der Waals surface area contributed by atoms with Crippen molar-refractivity contribution < 1.29 is 23.9 Å². The molecule has 7 nitrogen and oxygen atoms in total. The molecule has 0 aliphatic rings. The number of esters is 1. The predicted octanol–water partition coefficient (Wildman–Crippen LogP) is 2.63. The SMILES string of the molecule is CCCOc1ccc(C(=O)OCC(=O)Nc2cccc(C(=O)NC)c2)cc1. The van der Waals surface area contributed by atoms with Crippen molar-refractivity contribution >= 4 is 23.5 Å². The highest BCUT2D eigenvalue weighted by atomic mass is 16.5. The number of nitrogens with one attached hydrogen (secondary N) is 2. The van der Waals surface area contributed by atoms with Crippen molar-refractivity contribution in [1.82, 2.24) is 5.32 Å². The molecule has 7 heteroatoms. The third kappa shape index (κ3) is 6.14. The summed E-state index contributed by atoms with van der Waals surface area (Å²) in [5.74, 6) is -0.697. The molecule has 2 N–H and O–H groups in total. The van der Waals surface area contributed by atoms with E-state index in [4.69, 9.17) is 9.47 Å². The second kappa shape index (κ2) is 9.96. The van der Waals surface area contributed by atoms with Gasteiger partial charge >= 0.3 is 5.97 Å². The molecular weight excluding hydrogens is 348 g/mol. The number of anilines is 1. The average molecular weight is 370 g/mol. The second-order valence-electron chi connectivity index (χ2n) is 5.66. The largest absolute Gasteiger partial charge is 0.494 e. The van der Waals surface area contributed by atoms with Crippen LogP contribution in [0.5, 0.6) is 5.75 Å². The third-order valence-electron chi connectivity index (χ3n) is 3.53. The van der Waals surface area contributed by atoms with E-state index in [9.17, 15) is 14.4 Å². The van der Waals surface area contributed by atoms with Crippen LogP contribution in [0, 0.1) is 0 Å². The molecule has 0 aliphatic heterocycles. The van der Waals surface area contributed by atoms with Crippen LogP contribution in [0.15, 0.2) is 48.5 Å². The number of hydrogen-bond donors (Lipinski definition) is 2. The van der Waals surface area contributed by atoms with E-state index in [0.29, 0.717) is 29.2 Å². The zero-order valence-corrected chi connectivity index (χ0v) is 15.3. The normalized spacial score (nSPS) is 10.0. The molecule has 0 aliphatic carbocycles. The van der Waals surface area contributed by atoms with Gasteiger partial charge in [-0.1, -0.05) is 13.0 Å². The van der Waals surface area contributed by atoms with E-state index in [1.165, 1.54) is 13.1 Å². The molecule has 0 spiro atoms. The van der Waals surface area contributed by atoms with Crippen molar-refractivity contribution in [2.24, 2.45) is 0 Å². The summed E-state index contributed by atoms with van der Waals surface area (Å²) in [6.07, 6.45) is 0.894. The van der Waals surface area contributed by atoms with E-state index in [1.54, 1.807) is 42.5 Å². The molecule has 0 saturated heterocycles. The first-order valence-corrected chi connectivity index (χ1v) is 8.55. The highest BCUT2D eigenvalue weighted by Gasteiger charge is 2.11. The number of amides is 2. The van der Waals surface area contributed by atoms with Gasteiger partial charge in [0, 0.05) is 18.3 Å². The number of benzene rings is 2. The minimum Gasteiger partial charge on any atom is -0.494 e. The molecule has 2 amide bonds. The van der Waals surface area contributed by atoms with Gasteiger partial charge in [-0.2, -0.15) is 0 Å². The van der Waals surface area contributed by atoms with Crippen LogP contribution < -0.4 is 15.4 Å². The summed E-state index contributed by atoms with van der Waals surface area (Å²) in [7, 11) is 1.52. The number of rotatable bonds is 8. The Kier molecular flexibility index (Phi) is 7.37. The van der Waals surface area contributed by atoms with Crippen LogP contribution in [0.4, 0.5) is 5.69 Å². The van der Waals surface area contributed by atoms with E-state index in [2.05, 4.69) is 10.6 Å². The van der Waals surface area contributed by atoms with Crippen molar-refractivity contribution in [2.45, 2.75) is 13.3 Å². The van der Waals surface area contributed by atoms with Crippen LogP contribution in [-0.2, 0) is 9.53 Å². The first-order chi connectivity index (χ1) is 13.0. The van der Waals surface area contributed by atoms with E-state index in [0.717, 1.165) is 6.42 Å². The molecule has 0 unspecified atom stereocenters. The predicted molar refractivity (Wildman–Crippen MR) is 101 cm³/mol.